The zero-order valence-electron chi connectivity index (χ0n) is 14.4. The summed E-state index contributed by atoms with van der Waals surface area (Å²) in [7, 11) is 2.01. The highest BCUT2D eigenvalue weighted by Gasteiger charge is 2.37. The molecule has 0 rings (SSSR count). The molecule has 1 unspecified atom stereocenters. The molecular formula is C15H29NO8. The van der Waals surface area contributed by atoms with Gasteiger partial charge in [0.2, 0.25) is 0 Å². The first kappa shape index (κ1) is 24.7. The Bertz CT molecular complexity index is 384. The van der Waals surface area contributed by atoms with Crippen molar-refractivity contribution < 1.29 is 40.2 Å². The number of hydrogen-bond donors (Lipinski definition) is 7. The van der Waals surface area contributed by atoms with Gasteiger partial charge in [0.15, 0.2) is 12.2 Å². The van der Waals surface area contributed by atoms with Gasteiger partial charge in [0, 0.05) is 6.04 Å². The predicted molar refractivity (Wildman–Crippen MR) is 86.5 cm³/mol. The topological polar surface area (TPSA) is 168 Å². The third-order valence-electron chi connectivity index (χ3n) is 3.15. The first-order chi connectivity index (χ1) is 10.9. The Morgan fingerprint density at radius 1 is 0.958 bits per heavy atom. The lowest BCUT2D eigenvalue weighted by Gasteiger charge is -2.21. The normalized spacial score (nSPS) is 16.7. The summed E-state index contributed by atoms with van der Waals surface area (Å²) in [5.41, 5.74) is 1.42. The van der Waals surface area contributed by atoms with E-state index >= 15 is 0 Å². The number of aliphatic hydroxyl groups excluding tert-OH is 4. The largest absolute Gasteiger partial charge is 0.479 e. The van der Waals surface area contributed by atoms with Gasteiger partial charge in [0.25, 0.3) is 0 Å². The average molecular weight is 351 g/mol. The van der Waals surface area contributed by atoms with Crippen molar-refractivity contribution in [1.82, 2.24) is 5.32 Å². The van der Waals surface area contributed by atoms with Gasteiger partial charge in [-0.15, -0.1) is 0 Å². The van der Waals surface area contributed by atoms with Crippen LogP contribution in [0.15, 0.2) is 11.6 Å². The van der Waals surface area contributed by atoms with E-state index in [0.29, 0.717) is 6.04 Å². The minimum atomic E-state index is -2.36. The maximum atomic E-state index is 10.1. The zero-order valence-corrected chi connectivity index (χ0v) is 14.4. The third-order valence-corrected chi connectivity index (χ3v) is 3.15. The van der Waals surface area contributed by atoms with Crippen molar-refractivity contribution >= 4 is 11.9 Å². The van der Waals surface area contributed by atoms with Crippen LogP contribution in [0.1, 0.15) is 33.6 Å². The number of carboxylic acids is 2. The molecule has 0 aromatic heterocycles. The molecule has 0 amide bonds. The molecule has 0 aromatic rings. The monoisotopic (exact) mass is 351 g/mol. The summed E-state index contributed by atoms with van der Waals surface area (Å²) >= 11 is 0. The number of carboxylic acid groups (broad SMARTS) is 2. The van der Waals surface area contributed by atoms with E-state index in [1.54, 1.807) is 0 Å². The molecule has 0 aromatic carbocycles. The van der Waals surface area contributed by atoms with Crippen molar-refractivity contribution in [3.63, 3.8) is 0 Å². The Hall–Kier alpha value is -1.52. The fraction of sp³-hybridized carbons (Fsp3) is 0.733. The summed E-state index contributed by atoms with van der Waals surface area (Å²) < 4.78 is 0. The van der Waals surface area contributed by atoms with Crippen LogP contribution in [-0.2, 0) is 9.59 Å². The van der Waals surface area contributed by atoms with Crippen LogP contribution in [0.25, 0.3) is 0 Å². The van der Waals surface area contributed by atoms with Gasteiger partial charge in [0.05, 0.1) is 0 Å². The second-order valence-electron chi connectivity index (χ2n) is 5.60. The number of rotatable bonds is 9. The van der Waals surface area contributed by atoms with Gasteiger partial charge in [-0.1, -0.05) is 11.6 Å². The van der Waals surface area contributed by atoms with Gasteiger partial charge < -0.3 is 36.0 Å². The second-order valence-corrected chi connectivity index (χ2v) is 5.60. The minimum Gasteiger partial charge on any atom is -0.479 e. The lowest BCUT2D eigenvalue weighted by atomic mass is 10.0. The van der Waals surface area contributed by atoms with Gasteiger partial charge in [0.1, 0.15) is 12.2 Å². The highest BCUT2D eigenvalue weighted by Crippen LogP contribution is 2.05. The van der Waals surface area contributed by atoms with Gasteiger partial charge in [-0.2, -0.15) is 0 Å². The molecule has 9 nitrogen and oxygen atoms in total. The van der Waals surface area contributed by atoms with Crippen LogP contribution in [0, 0.1) is 0 Å². The van der Waals surface area contributed by atoms with Crippen LogP contribution in [0.5, 0.6) is 0 Å². The van der Waals surface area contributed by atoms with E-state index in [2.05, 4.69) is 32.2 Å². The van der Waals surface area contributed by atoms with Crippen molar-refractivity contribution in [3.05, 3.63) is 11.6 Å². The number of allylic oxidation sites excluding steroid dienone is 2. The van der Waals surface area contributed by atoms with Gasteiger partial charge in [-0.3, -0.25) is 0 Å². The van der Waals surface area contributed by atoms with Gasteiger partial charge >= 0.3 is 11.9 Å². The van der Waals surface area contributed by atoms with Crippen LogP contribution in [0.4, 0.5) is 0 Å². The average Bonchev–Trinajstić information content (AvgIpc) is 2.51. The van der Waals surface area contributed by atoms with E-state index in [4.69, 9.17) is 30.6 Å². The number of aliphatic hydroxyl groups is 4. The summed E-state index contributed by atoms with van der Waals surface area (Å²) in [6.45, 7) is 6.49. The molecule has 0 bridgehead atoms. The summed E-state index contributed by atoms with van der Waals surface area (Å²) in [5, 5.41) is 54.7. The molecule has 0 aliphatic rings. The first-order valence-corrected chi connectivity index (χ1v) is 7.44. The quantitative estimate of drug-likeness (QED) is 0.256. The molecule has 0 aliphatic heterocycles. The smallest absolute Gasteiger partial charge is 0.335 e. The maximum Gasteiger partial charge on any atom is 0.335 e. The molecule has 0 fully saturated rings. The molecule has 142 valence electrons. The number of carbonyl (C=O) groups is 2. The first-order valence-electron chi connectivity index (χ1n) is 7.44. The minimum absolute atomic E-state index is 0.649. The summed E-state index contributed by atoms with van der Waals surface area (Å²) in [4.78, 5) is 20.2. The Morgan fingerprint density at radius 2 is 1.33 bits per heavy atom. The second kappa shape index (κ2) is 12.8. The Morgan fingerprint density at radius 3 is 1.58 bits per heavy atom. The third kappa shape index (κ3) is 11.1. The molecule has 0 heterocycles. The van der Waals surface area contributed by atoms with Crippen LogP contribution >= 0.6 is 0 Å². The summed E-state index contributed by atoms with van der Waals surface area (Å²) in [6, 6.07) is 0.649. The standard InChI is InChI=1S/C9H19N.C6H10O8/c1-8(2)6-5-7-9(3)10-4;7-1(3(9)5(11)12)2(8)4(10)6(13)14/h6,9-10H,5,7H2,1-4H3;1-4,7-10H,(H,11,12)(H,13,14)/t;1-,2+,3+,4-. The molecule has 7 N–H and O–H groups in total. The van der Waals surface area contributed by atoms with E-state index in [1.807, 2.05) is 7.05 Å². The summed E-state index contributed by atoms with van der Waals surface area (Å²) in [5.74, 6) is -3.68. The van der Waals surface area contributed by atoms with Crippen molar-refractivity contribution in [2.75, 3.05) is 7.05 Å². The molecular weight excluding hydrogens is 322 g/mol. The van der Waals surface area contributed by atoms with Crippen LogP contribution in [0.3, 0.4) is 0 Å². The molecule has 0 radical (unpaired) electrons. The number of hydrogen-bond acceptors (Lipinski definition) is 7. The number of nitrogens with one attached hydrogen (secondary N) is 1. The molecule has 24 heavy (non-hydrogen) atoms. The van der Waals surface area contributed by atoms with E-state index in [-0.39, 0.29) is 0 Å². The Labute approximate surface area is 141 Å². The van der Waals surface area contributed by atoms with Gasteiger partial charge in [-0.25, -0.2) is 9.59 Å². The Kier molecular flexibility index (Phi) is 13.2. The van der Waals surface area contributed by atoms with Crippen molar-refractivity contribution in [2.45, 2.75) is 64.1 Å². The maximum absolute atomic E-state index is 10.1. The lowest BCUT2D eigenvalue weighted by Crippen LogP contribution is -2.49. The molecule has 9 heteroatoms. The molecule has 0 spiro atoms. The fourth-order valence-electron chi connectivity index (χ4n) is 1.43. The van der Waals surface area contributed by atoms with E-state index in [1.165, 1.54) is 18.4 Å². The summed E-state index contributed by atoms with van der Waals surface area (Å²) in [6.07, 6.45) is -4.56. The van der Waals surface area contributed by atoms with Crippen LogP contribution < -0.4 is 5.32 Å². The fourth-order valence-corrected chi connectivity index (χ4v) is 1.43. The van der Waals surface area contributed by atoms with Crippen molar-refractivity contribution in [3.8, 4) is 0 Å². The van der Waals surface area contributed by atoms with Gasteiger partial charge in [-0.05, 0) is 40.7 Å². The van der Waals surface area contributed by atoms with Crippen molar-refractivity contribution in [2.24, 2.45) is 0 Å². The zero-order chi connectivity index (χ0) is 19.4. The highest BCUT2D eigenvalue weighted by molar-refractivity contribution is 5.75. The molecule has 0 saturated heterocycles. The predicted octanol–water partition coefficient (Wildman–Crippen LogP) is -1.06. The highest BCUT2D eigenvalue weighted by atomic mass is 16.4. The van der Waals surface area contributed by atoms with E-state index < -0.39 is 36.4 Å². The van der Waals surface area contributed by atoms with E-state index in [9.17, 15) is 9.59 Å². The van der Waals surface area contributed by atoms with Crippen molar-refractivity contribution in [1.29, 1.82) is 0 Å². The lowest BCUT2D eigenvalue weighted by molar-refractivity contribution is -0.172. The Balaban J connectivity index is 0. The molecule has 0 aliphatic carbocycles. The number of aliphatic carboxylic acids is 2. The van der Waals surface area contributed by atoms with Crippen LogP contribution in [0.2, 0.25) is 0 Å². The SMILES string of the molecule is CNC(C)CCC=C(C)C.O=C(O)[C@@H](O)[C@H](O)[C@H](O)[C@@H](O)C(=O)O. The molecule has 5 atom stereocenters. The molecule has 0 saturated carbocycles. The van der Waals surface area contributed by atoms with Crippen LogP contribution in [-0.4, -0.2) is 80.1 Å². The van der Waals surface area contributed by atoms with E-state index in [0.717, 1.165) is 0 Å².